The maximum atomic E-state index is 10.3. The van der Waals surface area contributed by atoms with Crippen molar-refractivity contribution in [2.24, 2.45) is 16.3 Å². The summed E-state index contributed by atoms with van der Waals surface area (Å²) in [4.78, 5) is 8.85. The fraction of sp³-hybridized carbons (Fsp3) is 0.700. The molecule has 0 spiro atoms. The number of aromatic nitrogens is 1. The molecule has 0 aromatic carbocycles. The molecule has 1 heterocycles. The fourth-order valence-corrected chi connectivity index (χ4v) is 3.90. The first-order chi connectivity index (χ1) is 12.0. The Balaban J connectivity index is 0.00000338. The molecule has 1 fully saturated rings. The highest BCUT2D eigenvalue weighted by atomic mass is 127. The minimum Gasteiger partial charge on any atom is -0.387 e. The first-order valence-corrected chi connectivity index (χ1v) is 9.65. The van der Waals surface area contributed by atoms with E-state index in [1.54, 1.807) is 12.4 Å². The highest BCUT2D eigenvalue weighted by molar-refractivity contribution is 14.0. The van der Waals surface area contributed by atoms with Crippen molar-refractivity contribution in [2.45, 2.75) is 59.0 Å². The number of hydrogen-bond acceptors (Lipinski definition) is 3. The van der Waals surface area contributed by atoms with E-state index in [2.05, 4.69) is 36.4 Å². The molecule has 1 saturated carbocycles. The average Bonchev–Trinajstić information content (AvgIpc) is 3.06. The molecule has 0 bridgehead atoms. The van der Waals surface area contributed by atoms with Crippen LogP contribution in [0.4, 0.5) is 0 Å². The van der Waals surface area contributed by atoms with Crippen LogP contribution in [0.1, 0.15) is 64.5 Å². The summed E-state index contributed by atoms with van der Waals surface area (Å²) < 4.78 is 0. The van der Waals surface area contributed by atoms with Crippen LogP contribution in [0, 0.1) is 11.3 Å². The summed E-state index contributed by atoms with van der Waals surface area (Å²) in [6.45, 7) is 8.79. The summed E-state index contributed by atoms with van der Waals surface area (Å²) in [5.74, 6) is 1.50. The first kappa shape index (κ1) is 23.1. The fourth-order valence-electron chi connectivity index (χ4n) is 3.90. The second kappa shape index (κ2) is 11.7. The zero-order valence-corrected chi connectivity index (χ0v) is 18.7. The van der Waals surface area contributed by atoms with Gasteiger partial charge in [-0.25, -0.2) is 0 Å². The molecule has 0 saturated heterocycles. The van der Waals surface area contributed by atoms with Crippen molar-refractivity contribution >= 4 is 29.9 Å². The third-order valence-electron chi connectivity index (χ3n) is 4.98. The molecule has 1 atom stereocenters. The van der Waals surface area contributed by atoms with Gasteiger partial charge in [0.25, 0.3) is 0 Å². The number of aliphatic imine (C=N–C) groups is 1. The highest BCUT2D eigenvalue weighted by Crippen LogP contribution is 2.43. The van der Waals surface area contributed by atoms with Crippen LogP contribution in [0.15, 0.2) is 29.5 Å². The van der Waals surface area contributed by atoms with Gasteiger partial charge in [-0.15, -0.1) is 24.0 Å². The molecule has 1 aliphatic rings. The summed E-state index contributed by atoms with van der Waals surface area (Å²) in [6, 6.07) is 3.68. The monoisotopic (exact) mass is 474 g/mol. The Labute approximate surface area is 175 Å². The van der Waals surface area contributed by atoms with E-state index in [-0.39, 0.29) is 24.0 Å². The summed E-state index contributed by atoms with van der Waals surface area (Å²) in [6.07, 6.45) is 9.31. The number of nitrogens with zero attached hydrogens (tertiary/aromatic N) is 2. The third-order valence-corrected chi connectivity index (χ3v) is 4.98. The molecule has 26 heavy (non-hydrogen) atoms. The SMILES string of the molecule is CCNC(=NCC1(CC(C)C)CCCC1)NCC(O)c1ccncc1.I. The summed E-state index contributed by atoms with van der Waals surface area (Å²) in [5.41, 5.74) is 1.23. The lowest BCUT2D eigenvalue weighted by atomic mass is 9.78. The highest BCUT2D eigenvalue weighted by Gasteiger charge is 2.34. The molecule has 1 aliphatic carbocycles. The quantitative estimate of drug-likeness (QED) is 0.304. The number of aliphatic hydroxyl groups is 1. The van der Waals surface area contributed by atoms with Crippen molar-refractivity contribution in [1.29, 1.82) is 0 Å². The van der Waals surface area contributed by atoms with E-state index in [0.717, 1.165) is 24.6 Å². The summed E-state index contributed by atoms with van der Waals surface area (Å²) >= 11 is 0. The van der Waals surface area contributed by atoms with Gasteiger partial charge >= 0.3 is 0 Å². The largest absolute Gasteiger partial charge is 0.387 e. The van der Waals surface area contributed by atoms with Crippen molar-refractivity contribution in [3.05, 3.63) is 30.1 Å². The van der Waals surface area contributed by atoms with E-state index in [1.165, 1.54) is 32.1 Å². The van der Waals surface area contributed by atoms with E-state index in [0.29, 0.717) is 17.9 Å². The van der Waals surface area contributed by atoms with Crippen molar-refractivity contribution in [3.63, 3.8) is 0 Å². The van der Waals surface area contributed by atoms with Crippen LogP contribution in [0.25, 0.3) is 0 Å². The lowest BCUT2D eigenvalue weighted by Crippen LogP contribution is -2.40. The molecule has 0 aliphatic heterocycles. The van der Waals surface area contributed by atoms with E-state index >= 15 is 0 Å². The minimum absolute atomic E-state index is 0. The van der Waals surface area contributed by atoms with Gasteiger partial charge in [-0.05, 0) is 55.2 Å². The standard InChI is InChI=1S/C20H34N4O.HI/c1-4-22-19(23-14-18(25)17-7-11-21-12-8-17)24-15-20(13-16(2)3)9-5-6-10-20;/h7-8,11-12,16,18,25H,4-6,9-10,13-15H2,1-3H3,(H2,22,23,24);1H. The molecular formula is C20H35IN4O. The van der Waals surface area contributed by atoms with Crippen molar-refractivity contribution in [2.75, 3.05) is 19.6 Å². The molecule has 148 valence electrons. The van der Waals surface area contributed by atoms with Crippen molar-refractivity contribution < 1.29 is 5.11 Å². The van der Waals surface area contributed by atoms with Gasteiger partial charge in [-0.2, -0.15) is 0 Å². The number of guanidine groups is 1. The molecule has 1 unspecified atom stereocenters. The molecule has 0 radical (unpaired) electrons. The van der Waals surface area contributed by atoms with Gasteiger partial charge in [-0.3, -0.25) is 9.98 Å². The number of rotatable bonds is 8. The molecule has 2 rings (SSSR count). The third kappa shape index (κ3) is 7.39. The van der Waals surface area contributed by atoms with Gasteiger partial charge in [0, 0.05) is 32.0 Å². The number of hydrogen-bond donors (Lipinski definition) is 3. The van der Waals surface area contributed by atoms with Crippen LogP contribution < -0.4 is 10.6 Å². The Hall–Kier alpha value is -0.890. The number of halogens is 1. The van der Waals surface area contributed by atoms with E-state index < -0.39 is 6.10 Å². The second-order valence-corrected chi connectivity index (χ2v) is 7.68. The molecule has 1 aromatic rings. The second-order valence-electron chi connectivity index (χ2n) is 7.68. The number of nitrogens with one attached hydrogen (secondary N) is 2. The Kier molecular flexibility index (Phi) is 10.5. The summed E-state index contributed by atoms with van der Waals surface area (Å²) in [7, 11) is 0. The molecule has 3 N–H and O–H groups in total. The lowest BCUT2D eigenvalue weighted by Gasteiger charge is -2.29. The zero-order valence-electron chi connectivity index (χ0n) is 16.4. The normalized spacial score (nSPS) is 17.7. The maximum Gasteiger partial charge on any atom is 0.191 e. The molecule has 0 amide bonds. The average molecular weight is 474 g/mol. The molecule has 6 heteroatoms. The predicted octanol–water partition coefficient (Wildman–Crippen LogP) is 3.89. The molecule has 5 nitrogen and oxygen atoms in total. The van der Waals surface area contributed by atoms with Crippen LogP contribution in [-0.4, -0.2) is 35.7 Å². The van der Waals surface area contributed by atoms with Gasteiger partial charge < -0.3 is 15.7 Å². The van der Waals surface area contributed by atoms with Crippen LogP contribution in [0.5, 0.6) is 0 Å². The topological polar surface area (TPSA) is 69.5 Å². The van der Waals surface area contributed by atoms with Gasteiger partial charge in [0.15, 0.2) is 5.96 Å². The number of pyridine rings is 1. The first-order valence-electron chi connectivity index (χ1n) is 9.65. The Morgan fingerprint density at radius 2 is 1.88 bits per heavy atom. The van der Waals surface area contributed by atoms with Gasteiger partial charge in [0.2, 0.25) is 0 Å². The van der Waals surface area contributed by atoms with Crippen molar-refractivity contribution in [3.8, 4) is 0 Å². The zero-order chi connectivity index (χ0) is 18.1. The smallest absolute Gasteiger partial charge is 0.191 e. The maximum absolute atomic E-state index is 10.3. The van der Waals surface area contributed by atoms with Gasteiger partial charge in [0.1, 0.15) is 0 Å². The molecule has 1 aromatic heterocycles. The van der Waals surface area contributed by atoms with Gasteiger partial charge in [-0.1, -0.05) is 26.7 Å². The van der Waals surface area contributed by atoms with Crippen LogP contribution >= 0.6 is 24.0 Å². The van der Waals surface area contributed by atoms with E-state index in [1.807, 2.05) is 12.1 Å². The summed E-state index contributed by atoms with van der Waals surface area (Å²) in [5, 5.41) is 16.9. The van der Waals surface area contributed by atoms with E-state index in [4.69, 9.17) is 4.99 Å². The molecular weight excluding hydrogens is 439 g/mol. The van der Waals surface area contributed by atoms with Crippen LogP contribution in [0.2, 0.25) is 0 Å². The van der Waals surface area contributed by atoms with E-state index in [9.17, 15) is 5.11 Å². The minimum atomic E-state index is -0.567. The Bertz CT molecular complexity index is 530. The van der Waals surface area contributed by atoms with Gasteiger partial charge in [0.05, 0.1) is 6.10 Å². The van der Waals surface area contributed by atoms with Crippen LogP contribution in [0.3, 0.4) is 0 Å². The lowest BCUT2D eigenvalue weighted by molar-refractivity contribution is 0.180. The number of aliphatic hydroxyl groups excluding tert-OH is 1. The predicted molar refractivity (Wildman–Crippen MR) is 119 cm³/mol. The Morgan fingerprint density at radius 1 is 1.23 bits per heavy atom. The van der Waals surface area contributed by atoms with Crippen LogP contribution in [-0.2, 0) is 0 Å². The van der Waals surface area contributed by atoms with Crippen molar-refractivity contribution in [1.82, 2.24) is 15.6 Å². The Morgan fingerprint density at radius 3 is 2.46 bits per heavy atom.